The van der Waals surface area contributed by atoms with Crippen LogP contribution in [0.4, 0.5) is 0 Å². The third kappa shape index (κ3) is 3.73. The number of para-hydroxylation sites is 1. The monoisotopic (exact) mass is 470 g/mol. The summed E-state index contributed by atoms with van der Waals surface area (Å²) >= 11 is 0. The van der Waals surface area contributed by atoms with Crippen LogP contribution in [0.15, 0.2) is 133 Å². The zero-order chi connectivity index (χ0) is 24.8. The van der Waals surface area contributed by atoms with Gasteiger partial charge in [-0.25, -0.2) is 0 Å². The molecule has 1 radical (unpaired) electrons. The van der Waals surface area contributed by atoms with Crippen LogP contribution in [0.1, 0.15) is 0 Å². The topological polar surface area (TPSA) is 4.93 Å². The highest BCUT2D eigenvalue weighted by molar-refractivity contribution is 6.52. The number of nitrogens with zero attached hydrogens (tertiary/aromatic N) is 1. The van der Waals surface area contributed by atoms with Crippen molar-refractivity contribution in [1.82, 2.24) is 4.57 Å². The fraction of sp³-hybridized carbons (Fsp3) is 0.0286. The maximum absolute atomic E-state index is 2.40. The lowest BCUT2D eigenvalue weighted by Crippen LogP contribution is -2.10. The first-order valence-electron chi connectivity index (χ1n) is 12.8. The number of aromatic nitrogens is 1. The Bertz CT molecular complexity index is 1900. The van der Waals surface area contributed by atoms with Gasteiger partial charge in [-0.15, -0.1) is 0 Å². The Kier molecular flexibility index (Phi) is 5.18. The molecule has 173 valence electrons. The zero-order valence-electron chi connectivity index (χ0n) is 20.7. The molecule has 0 aliphatic carbocycles. The van der Waals surface area contributed by atoms with Crippen LogP contribution in [0, 0.1) is 0 Å². The van der Waals surface area contributed by atoms with Gasteiger partial charge in [-0.3, -0.25) is 0 Å². The van der Waals surface area contributed by atoms with E-state index in [-0.39, 0.29) is 0 Å². The second-order valence-electron chi connectivity index (χ2n) is 9.62. The molecular formula is C35H25BN. The third-order valence-electron chi connectivity index (χ3n) is 7.38. The molecule has 0 spiro atoms. The zero-order valence-corrected chi connectivity index (χ0v) is 20.7. The molecule has 7 rings (SSSR count). The molecule has 0 aliphatic heterocycles. The summed E-state index contributed by atoms with van der Waals surface area (Å²) in [7, 11) is 2.18. The summed E-state index contributed by atoms with van der Waals surface area (Å²) in [6.07, 6.45) is 0. The lowest BCUT2D eigenvalue weighted by Gasteiger charge is -2.11. The molecule has 1 heterocycles. The van der Waals surface area contributed by atoms with E-state index in [0.717, 1.165) is 0 Å². The molecule has 0 N–H and O–H groups in total. The molecule has 0 saturated heterocycles. The molecule has 0 bridgehead atoms. The van der Waals surface area contributed by atoms with Crippen molar-refractivity contribution < 1.29 is 0 Å². The normalized spacial score (nSPS) is 11.4. The highest BCUT2D eigenvalue weighted by atomic mass is 15.0. The Morgan fingerprint density at radius 3 is 1.81 bits per heavy atom. The SMILES string of the molecule is C[B]c1cc(-c2ccccc2)cc(-c2ccc3c(c2)c2cc4ccccc4cc2n3-c2ccccc2)c1. The molecule has 0 unspecified atom stereocenters. The van der Waals surface area contributed by atoms with Crippen molar-refractivity contribution in [3.63, 3.8) is 0 Å². The van der Waals surface area contributed by atoms with Gasteiger partial charge in [0.2, 0.25) is 0 Å². The van der Waals surface area contributed by atoms with Crippen molar-refractivity contribution in [3.8, 4) is 27.9 Å². The molecule has 0 aliphatic rings. The first-order chi connectivity index (χ1) is 18.3. The summed E-state index contributed by atoms with van der Waals surface area (Å²) in [6.45, 7) is 2.11. The van der Waals surface area contributed by atoms with Gasteiger partial charge in [0.1, 0.15) is 7.28 Å². The van der Waals surface area contributed by atoms with Crippen LogP contribution in [0.2, 0.25) is 6.82 Å². The predicted molar refractivity (Wildman–Crippen MR) is 160 cm³/mol. The van der Waals surface area contributed by atoms with E-state index in [1.54, 1.807) is 0 Å². The summed E-state index contributed by atoms with van der Waals surface area (Å²) in [5.74, 6) is 0. The van der Waals surface area contributed by atoms with Crippen LogP contribution in [0.5, 0.6) is 0 Å². The molecule has 0 saturated carbocycles. The van der Waals surface area contributed by atoms with E-state index in [4.69, 9.17) is 0 Å². The van der Waals surface area contributed by atoms with Crippen LogP contribution in [-0.4, -0.2) is 11.8 Å². The van der Waals surface area contributed by atoms with Crippen molar-refractivity contribution in [3.05, 3.63) is 133 Å². The molecule has 0 amide bonds. The lowest BCUT2D eigenvalue weighted by atomic mass is 9.71. The summed E-state index contributed by atoms with van der Waals surface area (Å²) < 4.78 is 2.40. The minimum atomic E-state index is 1.18. The first kappa shape index (κ1) is 21.7. The van der Waals surface area contributed by atoms with E-state index in [9.17, 15) is 0 Å². The van der Waals surface area contributed by atoms with E-state index in [1.165, 1.54) is 66.0 Å². The number of fused-ring (bicyclic) bond motifs is 4. The number of hydrogen-bond donors (Lipinski definition) is 0. The largest absolute Gasteiger partial charge is 0.309 e. The Labute approximate surface area is 217 Å². The fourth-order valence-corrected chi connectivity index (χ4v) is 5.52. The third-order valence-corrected chi connectivity index (χ3v) is 7.38. The van der Waals surface area contributed by atoms with Gasteiger partial charge in [0.25, 0.3) is 0 Å². The quantitative estimate of drug-likeness (QED) is 0.227. The molecule has 2 heteroatoms. The van der Waals surface area contributed by atoms with Crippen LogP contribution in [0.25, 0.3) is 60.5 Å². The van der Waals surface area contributed by atoms with Crippen molar-refractivity contribution in [2.75, 3.05) is 0 Å². The standard InChI is InChI=1S/C35H25BN/c1-36-30-19-28(24-10-4-2-5-11-24)18-29(20-30)27-16-17-34-32(22-27)33-21-25-12-8-9-13-26(25)23-35(33)37(34)31-14-6-3-7-15-31/h2-23H,1H3. The highest BCUT2D eigenvalue weighted by Crippen LogP contribution is 2.37. The van der Waals surface area contributed by atoms with Gasteiger partial charge in [-0.2, -0.15) is 0 Å². The first-order valence-corrected chi connectivity index (χ1v) is 12.8. The van der Waals surface area contributed by atoms with E-state index < -0.39 is 0 Å². The molecule has 1 aromatic heterocycles. The van der Waals surface area contributed by atoms with Crippen molar-refractivity contribution >= 4 is 45.3 Å². The molecule has 0 fully saturated rings. The van der Waals surface area contributed by atoms with E-state index >= 15 is 0 Å². The van der Waals surface area contributed by atoms with E-state index in [1.807, 2.05) is 0 Å². The van der Waals surface area contributed by atoms with Crippen molar-refractivity contribution in [1.29, 1.82) is 0 Å². The Morgan fingerprint density at radius 2 is 1.08 bits per heavy atom. The molecule has 1 nitrogen and oxygen atoms in total. The van der Waals surface area contributed by atoms with Gasteiger partial charge in [0.05, 0.1) is 11.0 Å². The second-order valence-corrected chi connectivity index (χ2v) is 9.62. The summed E-state index contributed by atoms with van der Waals surface area (Å²) in [5, 5.41) is 5.07. The maximum atomic E-state index is 2.40. The van der Waals surface area contributed by atoms with Crippen molar-refractivity contribution in [2.45, 2.75) is 6.82 Å². The summed E-state index contributed by atoms with van der Waals surface area (Å²) in [5.41, 5.74) is 9.81. The van der Waals surface area contributed by atoms with Crippen LogP contribution >= 0.6 is 0 Å². The van der Waals surface area contributed by atoms with Gasteiger partial charge in [-0.1, -0.05) is 103 Å². The summed E-state index contributed by atoms with van der Waals surface area (Å²) in [6, 6.07) is 48.4. The highest BCUT2D eigenvalue weighted by Gasteiger charge is 2.15. The second kappa shape index (κ2) is 8.83. The molecule has 6 aromatic carbocycles. The van der Waals surface area contributed by atoms with Crippen LogP contribution in [0.3, 0.4) is 0 Å². The average molecular weight is 470 g/mol. The maximum Gasteiger partial charge on any atom is 0.148 e. The molecule has 0 atom stereocenters. The van der Waals surface area contributed by atoms with E-state index in [0.29, 0.717) is 0 Å². The minimum absolute atomic E-state index is 1.18. The fourth-order valence-electron chi connectivity index (χ4n) is 5.52. The predicted octanol–water partition coefficient (Wildman–Crippen LogP) is 8.65. The molecule has 37 heavy (non-hydrogen) atoms. The number of benzene rings is 6. The molecular weight excluding hydrogens is 445 g/mol. The van der Waals surface area contributed by atoms with Crippen LogP contribution < -0.4 is 5.46 Å². The van der Waals surface area contributed by atoms with Gasteiger partial charge in [-0.05, 0) is 75.5 Å². The van der Waals surface area contributed by atoms with Gasteiger partial charge < -0.3 is 4.57 Å². The van der Waals surface area contributed by atoms with E-state index in [2.05, 4.69) is 152 Å². The Morgan fingerprint density at radius 1 is 0.459 bits per heavy atom. The minimum Gasteiger partial charge on any atom is -0.309 e. The Balaban J connectivity index is 1.50. The smallest absolute Gasteiger partial charge is 0.148 e. The Hall–Kier alpha value is -4.56. The molecule has 7 aromatic rings. The van der Waals surface area contributed by atoms with Gasteiger partial charge >= 0.3 is 0 Å². The summed E-state index contributed by atoms with van der Waals surface area (Å²) in [4.78, 5) is 0. The number of rotatable bonds is 4. The van der Waals surface area contributed by atoms with Crippen molar-refractivity contribution in [2.24, 2.45) is 0 Å². The van der Waals surface area contributed by atoms with Gasteiger partial charge in [0, 0.05) is 16.5 Å². The van der Waals surface area contributed by atoms with Gasteiger partial charge in [0.15, 0.2) is 0 Å². The number of hydrogen-bond acceptors (Lipinski definition) is 0. The average Bonchev–Trinajstić information content (AvgIpc) is 3.29. The van der Waals surface area contributed by atoms with Crippen LogP contribution in [-0.2, 0) is 0 Å². The lowest BCUT2D eigenvalue weighted by molar-refractivity contribution is 1.18.